The summed E-state index contributed by atoms with van der Waals surface area (Å²) in [6, 6.07) is -0.592. The third-order valence-electron chi connectivity index (χ3n) is 3.59. The molecule has 1 rings (SSSR count). The van der Waals surface area contributed by atoms with Gasteiger partial charge >= 0.3 is 5.97 Å². The Labute approximate surface area is 119 Å². The first-order chi connectivity index (χ1) is 9.31. The number of aliphatic carboxylic acids is 1. The minimum atomic E-state index is -0.844. The summed E-state index contributed by atoms with van der Waals surface area (Å²) in [5.74, 6) is -1.65. The van der Waals surface area contributed by atoms with Crippen molar-refractivity contribution in [3.63, 3.8) is 0 Å². The zero-order valence-corrected chi connectivity index (χ0v) is 12.3. The van der Waals surface area contributed by atoms with Crippen LogP contribution in [0.15, 0.2) is 0 Å². The van der Waals surface area contributed by atoms with Crippen molar-refractivity contribution in [3.8, 4) is 0 Å². The molecule has 114 valence electrons. The zero-order valence-electron chi connectivity index (χ0n) is 12.3. The maximum absolute atomic E-state index is 12.0. The van der Waals surface area contributed by atoms with Crippen LogP contribution in [-0.2, 0) is 14.4 Å². The summed E-state index contributed by atoms with van der Waals surface area (Å²) in [4.78, 5) is 34.6. The lowest BCUT2D eigenvalue weighted by atomic mass is 10.0. The van der Waals surface area contributed by atoms with Crippen molar-refractivity contribution in [1.29, 1.82) is 0 Å². The van der Waals surface area contributed by atoms with Gasteiger partial charge in [0.15, 0.2) is 0 Å². The number of carbonyl (C=O) groups is 3. The summed E-state index contributed by atoms with van der Waals surface area (Å²) in [6.45, 7) is 6.20. The van der Waals surface area contributed by atoms with Crippen LogP contribution in [0.3, 0.4) is 0 Å². The van der Waals surface area contributed by atoms with Gasteiger partial charge in [0.05, 0.1) is 5.92 Å². The van der Waals surface area contributed by atoms with Crippen LogP contribution in [0.2, 0.25) is 0 Å². The van der Waals surface area contributed by atoms with Crippen molar-refractivity contribution in [1.82, 2.24) is 10.6 Å². The van der Waals surface area contributed by atoms with Crippen LogP contribution in [0, 0.1) is 17.8 Å². The summed E-state index contributed by atoms with van der Waals surface area (Å²) in [5.41, 5.74) is 0. The van der Waals surface area contributed by atoms with Gasteiger partial charge in [0.2, 0.25) is 11.8 Å². The average Bonchev–Trinajstić information content (AvgIpc) is 2.85. The zero-order chi connectivity index (χ0) is 15.3. The van der Waals surface area contributed by atoms with E-state index in [1.165, 1.54) is 0 Å². The Morgan fingerprint density at radius 2 is 1.75 bits per heavy atom. The summed E-state index contributed by atoms with van der Waals surface area (Å²) in [6.07, 6.45) is 1.46. The Morgan fingerprint density at radius 1 is 1.15 bits per heavy atom. The number of amides is 2. The summed E-state index contributed by atoms with van der Waals surface area (Å²) < 4.78 is 0. The molecule has 6 heteroatoms. The number of rotatable bonds is 6. The quantitative estimate of drug-likeness (QED) is 0.671. The van der Waals surface area contributed by atoms with E-state index in [9.17, 15) is 14.4 Å². The second-order valence-electron chi connectivity index (χ2n) is 5.91. The molecule has 20 heavy (non-hydrogen) atoms. The lowest BCUT2D eigenvalue weighted by Crippen LogP contribution is -2.47. The molecule has 0 aromatic carbocycles. The van der Waals surface area contributed by atoms with Crippen LogP contribution in [0.5, 0.6) is 0 Å². The Morgan fingerprint density at radius 3 is 2.25 bits per heavy atom. The van der Waals surface area contributed by atoms with E-state index >= 15 is 0 Å². The average molecular weight is 284 g/mol. The smallest absolute Gasteiger partial charge is 0.306 e. The van der Waals surface area contributed by atoms with Gasteiger partial charge in [0.1, 0.15) is 6.04 Å². The van der Waals surface area contributed by atoms with Gasteiger partial charge in [-0.25, -0.2) is 0 Å². The van der Waals surface area contributed by atoms with E-state index in [4.69, 9.17) is 5.11 Å². The first-order valence-electron chi connectivity index (χ1n) is 7.12. The topological polar surface area (TPSA) is 95.5 Å². The van der Waals surface area contributed by atoms with Crippen molar-refractivity contribution in [2.24, 2.45) is 17.8 Å². The highest BCUT2D eigenvalue weighted by Gasteiger charge is 2.34. The highest BCUT2D eigenvalue weighted by Crippen LogP contribution is 2.31. The third-order valence-corrected chi connectivity index (χ3v) is 3.59. The van der Waals surface area contributed by atoms with E-state index in [0.29, 0.717) is 31.7 Å². The SMILES string of the molecule is CC(C)CNC(=O)C(C)NC(=O)C1CCC(C(=O)O)C1. The van der Waals surface area contributed by atoms with Gasteiger partial charge in [0.25, 0.3) is 0 Å². The molecule has 0 saturated heterocycles. The van der Waals surface area contributed by atoms with E-state index in [0.717, 1.165) is 0 Å². The molecule has 0 aliphatic heterocycles. The highest BCUT2D eigenvalue weighted by molar-refractivity contribution is 5.88. The molecule has 3 N–H and O–H groups in total. The van der Waals surface area contributed by atoms with Gasteiger partial charge in [-0.2, -0.15) is 0 Å². The predicted octanol–water partition coefficient (Wildman–Crippen LogP) is 0.764. The maximum Gasteiger partial charge on any atom is 0.306 e. The van der Waals surface area contributed by atoms with Gasteiger partial charge in [-0.1, -0.05) is 13.8 Å². The third kappa shape index (κ3) is 4.83. The number of nitrogens with one attached hydrogen (secondary N) is 2. The lowest BCUT2D eigenvalue weighted by molar-refractivity contribution is -0.141. The normalized spacial score (nSPS) is 23.4. The van der Waals surface area contributed by atoms with Crippen LogP contribution >= 0.6 is 0 Å². The maximum atomic E-state index is 12.0. The molecule has 0 heterocycles. The number of hydrogen-bond donors (Lipinski definition) is 3. The van der Waals surface area contributed by atoms with Crippen LogP contribution in [0.1, 0.15) is 40.0 Å². The van der Waals surface area contributed by atoms with E-state index in [1.54, 1.807) is 6.92 Å². The molecule has 1 aliphatic carbocycles. The molecule has 2 amide bonds. The summed E-state index contributed by atoms with van der Waals surface area (Å²) in [7, 11) is 0. The molecule has 1 aliphatic rings. The molecule has 0 aromatic heterocycles. The van der Waals surface area contributed by atoms with Gasteiger partial charge in [0, 0.05) is 12.5 Å². The van der Waals surface area contributed by atoms with E-state index in [2.05, 4.69) is 10.6 Å². The predicted molar refractivity (Wildman–Crippen MR) is 73.9 cm³/mol. The largest absolute Gasteiger partial charge is 0.481 e. The van der Waals surface area contributed by atoms with Gasteiger partial charge in [-0.05, 0) is 32.1 Å². The number of hydrogen-bond acceptors (Lipinski definition) is 3. The molecule has 0 aromatic rings. The molecular formula is C14H24N2O4. The van der Waals surface area contributed by atoms with Crippen molar-refractivity contribution in [2.45, 2.75) is 46.1 Å². The number of carbonyl (C=O) groups excluding carboxylic acids is 2. The number of carboxylic acids is 1. The Hall–Kier alpha value is -1.59. The molecule has 1 fully saturated rings. The second-order valence-corrected chi connectivity index (χ2v) is 5.91. The number of carboxylic acid groups (broad SMARTS) is 1. The minimum absolute atomic E-state index is 0.208. The first kappa shape index (κ1) is 16.5. The fraction of sp³-hybridized carbons (Fsp3) is 0.786. The van der Waals surface area contributed by atoms with E-state index < -0.39 is 17.9 Å². The highest BCUT2D eigenvalue weighted by atomic mass is 16.4. The van der Waals surface area contributed by atoms with Crippen molar-refractivity contribution in [3.05, 3.63) is 0 Å². The molecule has 0 spiro atoms. The van der Waals surface area contributed by atoms with Gasteiger partial charge < -0.3 is 15.7 Å². The fourth-order valence-electron chi connectivity index (χ4n) is 2.30. The van der Waals surface area contributed by atoms with E-state index in [1.807, 2.05) is 13.8 Å². The first-order valence-corrected chi connectivity index (χ1v) is 7.12. The van der Waals surface area contributed by atoms with Crippen LogP contribution in [-0.4, -0.2) is 35.5 Å². The molecule has 3 unspecified atom stereocenters. The molecule has 6 nitrogen and oxygen atoms in total. The van der Waals surface area contributed by atoms with Crippen molar-refractivity contribution >= 4 is 17.8 Å². The van der Waals surface area contributed by atoms with Crippen LogP contribution in [0.4, 0.5) is 0 Å². The van der Waals surface area contributed by atoms with E-state index in [-0.39, 0.29) is 17.7 Å². The van der Waals surface area contributed by atoms with Crippen LogP contribution in [0.25, 0.3) is 0 Å². The van der Waals surface area contributed by atoms with Gasteiger partial charge in [-0.3, -0.25) is 14.4 Å². The molecule has 0 radical (unpaired) electrons. The fourth-order valence-corrected chi connectivity index (χ4v) is 2.30. The molecular weight excluding hydrogens is 260 g/mol. The summed E-state index contributed by atoms with van der Waals surface area (Å²) >= 11 is 0. The van der Waals surface area contributed by atoms with Crippen molar-refractivity contribution < 1.29 is 19.5 Å². The Kier molecular flexibility index (Phi) is 5.98. The summed E-state index contributed by atoms with van der Waals surface area (Å²) in [5, 5.41) is 14.3. The Bertz CT molecular complexity index is 381. The van der Waals surface area contributed by atoms with Crippen LogP contribution < -0.4 is 10.6 Å². The monoisotopic (exact) mass is 284 g/mol. The van der Waals surface area contributed by atoms with Crippen molar-refractivity contribution in [2.75, 3.05) is 6.54 Å². The van der Waals surface area contributed by atoms with Gasteiger partial charge in [-0.15, -0.1) is 0 Å². The molecule has 1 saturated carbocycles. The Balaban J connectivity index is 2.38. The second kappa shape index (κ2) is 7.26. The lowest BCUT2D eigenvalue weighted by Gasteiger charge is -2.17. The minimum Gasteiger partial charge on any atom is -0.481 e. The molecule has 0 bridgehead atoms. The standard InChI is InChI=1S/C14H24N2O4/c1-8(2)7-15-12(17)9(3)16-13(18)10-4-5-11(6-10)14(19)20/h8-11H,4-7H2,1-3H3,(H,15,17)(H,16,18)(H,19,20). The molecule has 3 atom stereocenters.